The highest BCUT2D eigenvalue weighted by molar-refractivity contribution is 6.30. The normalized spacial score (nSPS) is 10.3. The van der Waals surface area contributed by atoms with Crippen molar-refractivity contribution in [3.05, 3.63) is 59.1 Å². The monoisotopic (exact) mass is 288 g/mol. The van der Waals surface area contributed by atoms with Gasteiger partial charge in [-0.25, -0.2) is 0 Å². The Morgan fingerprint density at radius 2 is 1.70 bits per heavy atom. The number of hydrogen-bond donors (Lipinski definition) is 1. The average Bonchev–Trinajstić information content (AvgIpc) is 2.44. The third-order valence-corrected chi connectivity index (χ3v) is 3.34. The Balaban J connectivity index is 2.13. The van der Waals surface area contributed by atoms with Crippen molar-refractivity contribution in [1.82, 2.24) is 0 Å². The molecule has 4 heteroatoms. The van der Waals surface area contributed by atoms with Crippen LogP contribution in [0.3, 0.4) is 0 Å². The number of amides is 1. The molecule has 0 spiro atoms. The van der Waals surface area contributed by atoms with E-state index in [1.54, 1.807) is 29.2 Å². The molecule has 2 aromatic carbocycles. The third-order valence-electron chi connectivity index (χ3n) is 3.09. The minimum absolute atomic E-state index is 0.0552. The van der Waals surface area contributed by atoms with Gasteiger partial charge in [-0.1, -0.05) is 23.7 Å². The van der Waals surface area contributed by atoms with E-state index in [1.165, 1.54) is 0 Å². The number of likely N-dealkylation sites (N-methyl/N-ethyl adjacent to an activating group) is 1. The van der Waals surface area contributed by atoms with Crippen LogP contribution in [-0.2, 0) is 11.2 Å². The minimum atomic E-state index is 0.0552. The zero-order chi connectivity index (χ0) is 14.5. The molecule has 1 amide bonds. The van der Waals surface area contributed by atoms with Crippen molar-refractivity contribution in [2.75, 3.05) is 17.2 Å². The van der Waals surface area contributed by atoms with Crippen molar-refractivity contribution < 1.29 is 4.79 Å². The number of nitrogens with two attached hydrogens (primary N) is 1. The maximum atomic E-state index is 12.4. The molecule has 0 saturated carbocycles. The van der Waals surface area contributed by atoms with Crippen molar-refractivity contribution in [2.24, 2.45) is 0 Å². The lowest BCUT2D eigenvalue weighted by Crippen LogP contribution is -2.31. The van der Waals surface area contributed by atoms with Gasteiger partial charge in [-0.15, -0.1) is 0 Å². The Labute approximate surface area is 124 Å². The fourth-order valence-corrected chi connectivity index (χ4v) is 2.16. The van der Waals surface area contributed by atoms with Gasteiger partial charge < -0.3 is 10.6 Å². The summed E-state index contributed by atoms with van der Waals surface area (Å²) in [6.45, 7) is 2.58. The predicted molar refractivity (Wildman–Crippen MR) is 84.0 cm³/mol. The highest BCUT2D eigenvalue weighted by atomic mass is 35.5. The maximum Gasteiger partial charge on any atom is 0.231 e. The summed E-state index contributed by atoms with van der Waals surface area (Å²) >= 11 is 5.84. The van der Waals surface area contributed by atoms with Crippen LogP contribution in [0.1, 0.15) is 12.5 Å². The van der Waals surface area contributed by atoms with Gasteiger partial charge in [0.05, 0.1) is 6.42 Å². The molecule has 20 heavy (non-hydrogen) atoms. The molecule has 0 aliphatic rings. The molecule has 0 fully saturated rings. The molecule has 3 nitrogen and oxygen atoms in total. The largest absolute Gasteiger partial charge is 0.399 e. The molecule has 0 aliphatic carbocycles. The van der Waals surface area contributed by atoms with E-state index in [9.17, 15) is 4.79 Å². The lowest BCUT2D eigenvalue weighted by molar-refractivity contribution is -0.117. The van der Waals surface area contributed by atoms with Gasteiger partial charge in [-0.2, -0.15) is 0 Å². The number of hydrogen-bond acceptors (Lipinski definition) is 2. The van der Waals surface area contributed by atoms with Crippen LogP contribution in [0.15, 0.2) is 48.5 Å². The molecule has 0 aromatic heterocycles. The van der Waals surface area contributed by atoms with Gasteiger partial charge in [0, 0.05) is 22.9 Å². The quantitative estimate of drug-likeness (QED) is 0.875. The van der Waals surface area contributed by atoms with Crippen molar-refractivity contribution in [3.8, 4) is 0 Å². The van der Waals surface area contributed by atoms with Crippen molar-refractivity contribution >= 4 is 28.9 Å². The Morgan fingerprint density at radius 1 is 1.10 bits per heavy atom. The zero-order valence-electron chi connectivity index (χ0n) is 11.3. The standard InChI is InChI=1S/C16H17ClN2O/c1-2-19(15-9-7-14(18)8-10-15)16(20)11-12-3-5-13(17)6-4-12/h3-10H,2,11,18H2,1H3. The molecule has 2 N–H and O–H groups in total. The molecular formula is C16H17ClN2O. The number of nitrogen functional groups attached to an aromatic ring is 1. The van der Waals surface area contributed by atoms with Crippen LogP contribution < -0.4 is 10.6 Å². The first-order valence-electron chi connectivity index (χ1n) is 6.50. The highest BCUT2D eigenvalue weighted by Crippen LogP contribution is 2.18. The van der Waals surface area contributed by atoms with Crippen LogP contribution in [0.2, 0.25) is 5.02 Å². The van der Waals surface area contributed by atoms with Crippen LogP contribution in [0.4, 0.5) is 11.4 Å². The van der Waals surface area contributed by atoms with Gasteiger partial charge in [0.25, 0.3) is 0 Å². The number of rotatable bonds is 4. The number of carbonyl (C=O) groups excluding carboxylic acids is 1. The van der Waals surface area contributed by atoms with E-state index in [1.807, 2.05) is 31.2 Å². The Kier molecular flexibility index (Phi) is 4.64. The van der Waals surface area contributed by atoms with E-state index in [-0.39, 0.29) is 5.91 Å². The van der Waals surface area contributed by atoms with Crippen LogP contribution in [-0.4, -0.2) is 12.5 Å². The summed E-state index contributed by atoms with van der Waals surface area (Å²) in [5.74, 6) is 0.0552. The fraction of sp³-hybridized carbons (Fsp3) is 0.188. The number of carbonyl (C=O) groups is 1. The maximum absolute atomic E-state index is 12.4. The van der Waals surface area contributed by atoms with Gasteiger partial charge in [-0.05, 0) is 48.9 Å². The number of benzene rings is 2. The first kappa shape index (κ1) is 14.4. The summed E-state index contributed by atoms with van der Waals surface area (Å²) in [4.78, 5) is 14.1. The zero-order valence-corrected chi connectivity index (χ0v) is 12.1. The van der Waals surface area contributed by atoms with Crippen molar-refractivity contribution in [1.29, 1.82) is 0 Å². The van der Waals surface area contributed by atoms with Gasteiger partial charge in [0.2, 0.25) is 5.91 Å². The predicted octanol–water partition coefficient (Wildman–Crippen LogP) is 3.52. The van der Waals surface area contributed by atoms with Gasteiger partial charge in [0.1, 0.15) is 0 Å². The molecule has 2 rings (SSSR count). The minimum Gasteiger partial charge on any atom is -0.399 e. The molecular weight excluding hydrogens is 272 g/mol. The van der Waals surface area contributed by atoms with E-state index >= 15 is 0 Å². The Hall–Kier alpha value is -2.00. The van der Waals surface area contributed by atoms with Gasteiger partial charge >= 0.3 is 0 Å². The number of anilines is 2. The molecule has 104 valence electrons. The lowest BCUT2D eigenvalue weighted by atomic mass is 10.1. The molecule has 0 saturated heterocycles. The molecule has 0 aliphatic heterocycles. The smallest absolute Gasteiger partial charge is 0.231 e. The summed E-state index contributed by atoms with van der Waals surface area (Å²) in [6.07, 6.45) is 0.357. The molecule has 0 atom stereocenters. The summed E-state index contributed by atoms with van der Waals surface area (Å²) in [5, 5.41) is 0.673. The lowest BCUT2D eigenvalue weighted by Gasteiger charge is -2.21. The Morgan fingerprint density at radius 3 is 2.25 bits per heavy atom. The second-order valence-corrected chi connectivity index (χ2v) is 4.97. The van der Waals surface area contributed by atoms with Gasteiger partial charge in [0.15, 0.2) is 0 Å². The highest BCUT2D eigenvalue weighted by Gasteiger charge is 2.14. The van der Waals surface area contributed by atoms with Crippen LogP contribution in [0.5, 0.6) is 0 Å². The average molecular weight is 289 g/mol. The van der Waals surface area contributed by atoms with Crippen LogP contribution >= 0.6 is 11.6 Å². The van der Waals surface area contributed by atoms with E-state index in [0.717, 1.165) is 11.3 Å². The number of halogens is 1. The SMILES string of the molecule is CCN(C(=O)Cc1ccc(Cl)cc1)c1ccc(N)cc1. The molecule has 0 radical (unpaired) electrons. The molecule has 0 unspecified atom stereocenters. The molecule has 0 bridgehead atoms. The summed E-state index contributed by atoms with van der Waals surface area (Å²) in [7, 11) is 0. The first-order valence-corrected chi connectivity index (χ1v) is 6.88. The summed E-state index contributed by atoms with van der Waals surface area (Å²) in [6, 6.07) is 14.7. The topological polar surface area (TPSA) is 46.3 Å². The second-order valence-electron chi connectivity index (χ2n) is 4.53. The van der Waals surface area contributed by atoms with Gasteiger partial charge in [-0.3, -0.25) is 4.79 Å². The Bertz CT molecular complexity index is 578. The van der Waals surface area contributed by atoms with Crippen LogP contribution in [0.25, 0.3) is 0 Å². The van der Waals surface area contributed by atoms with Crippen LogP contribution in [0, 0.1) is 0 Å². The molecule has 0 heterocycles. The fourth-order valence-electron chi connectivity index (χ4n) is 2.03. The van der Waals surface area contributed by atoms with Crippen molar-refractivity contribution in [3.63, 3.8) is 0 Å². The van der Waals surface area contributed by atoms with Crippen molar-refractivity contribution in [2.45, 2.75) is 13.3 Å². The van der Waals surface area contributed by atoms with E-state index in [0.29, 0.717) is 23.7 Å². The van der Waals surface area contributed by atoms with E-state index in [2.05, 4.69) is 0 Å². The summed E-state index contributed by atoms with van der Waals surface area (Å²) < 4.78 is 0. The third kappa shape index (κ3) is 3.52. The first-order chi connectivity index (χ1) is 9.60. The van der Waals surface area contributed by atoms with E-state index in [4.69, 9.17) is 17.3 Å². The second kappa shape index (κ2) is 6.44. The number of nitrogens with zero attached hydrogens (tertiary/aromatic N) is 1. The van der Waals surface area contributed by atoms with E-state index < -0.39 is 0 Å². The summed E-state index contributed by atoms with van der Waals surface area (Å²) in [5.41, 5.74) is 8.17. The molecule has 2 aromatic rings.